The molecule has 1 heterocycles. The molecular formula is C21H36IN3O3. The Bertz CT molecular complexity index is 611. The van der Waals surface area contributed by atoms with Crippen LogP contribution < -0.4 is 20.1 Å². The largest absolute Gasteiger partial charge is 0.494 e. The first-order chi connectivity index (χ1) is 13.2. The van der Waals surface area contributed by atoms with E-state index in [0.717, 1.165) is 68.4 Å². The molecule has 7 heteroatoms. The summed E-state index contributed by atoms with van der Waals surface area (Å²) in [7, 11) is 1.75. The lowest BCUT2D eigenvalue weighted by molar-refractivity contribution is 0.192. The zero-order valence-corrected chi connectivity index (χ0v) is 20.0. The van der Waals surface area contributed by atoms with Crippen LogP contribution in [0.3, 0.4) is 0 Å². The maximum atomic E-state index is 5.90. The highest BCUT2D eigenvalue weighted by Crippen LogP contribution is 2.35. The summed E-state index contributed by atoms with van der Waals surface area (Å²) >= 11 is 0. The number of benzene rings is 1. The SMILES string of the molecule is CCNC(=NCc1cc2c(cc1OCC)CC(C)O2)NCCCCCOC.I. The van der Waals surface area contributed by atoms with Crippen LogP contribution in [0.15, 0.2) is 17.1 Å². The van der Waals surface area contributed by atoms with Gasteiger partial charge in [0.05, 0.1) is 13.2 Å². The van der Waals surface area contributed by atoms with E-state index in [0.29, 0.717) is 13.2 Å². The van der Waals surface area contributed by atoms with Gasteiger partial charge in [0.2, 0.25) is 0 Å². The average Bonchev–Trinajstić information content (AvgIpc) is 3.01. The first-order valence-corrected chi connectivity index (χ1v) is 10.1. The van der Waals surface area contributed by atoms with Crippen molar-refractivity contribution in [2.24, 2.45) is 4.99 Å². The van der Waals surface area contributed by atoms with Crippen LogP contribution in [0, 0.1) is 0 Å². The summed E-state index contributed by atoms with van der Waals surface area (Å²) in [6, 6.07) is 4.20. The van der Waals surface area contributed by atoms with Crippen molar-refractivity contribution in [1.82, 2.24) is 10.6 Å². The summed E-state index contributed by atoms with van der Waals surface area (Å²) in [5.74, 6) is 2.71. The quantitative estimate of drug-likeness (QED) is 0.207. The third-order valence-electron chi connectivity index (χ3n) is 4.45. The minimum atomic E-state index is 0. The number of rotatable bonds is 11. The number of nitrogens with one attached hydrogen (secondary N) is 2. The third kappa shape index (κ3) is 8.03. The molecule has 0 spiro atoms. The Balaban J connectivity index is 0.00000392. The Hall–Kier alpha value is -1.22. The summed E-state index contributed by atoms with van der Waals surface area (Å²) < 4.78 is 16.8. The topological polar surface area (TPSA) is 64.1 Å². The van der Waals surface area contributed by atoms with E-state index in [9.17, 15) is 0 Å². The van der Waals surface area contributed by atoms with Gasteiger partial charge in [0.15, 0.2) is 5.96 Å². The van der Waals surface area contributed by atoms with Crippen LogP contribution in [-0.4, -0.2) is 45.5 Å². The molecule has 0 radical (unpaired) electrons. The van der Waals surface area contributed by atoms with Crippen molar-refractivity contribution in [2.75, 3.05) is 33.4 Å². The van der Waals surface area contributed by atoms with Crippen molar-refractivity contribution in [3.63, 3.8) is 0 Å². The van der Waals surface area contributed by atoms with Gasteiger partial charge in [-0.25, -0.2) is 4.99 Å². The number of hydrogen-bond acceptors (Lipinski definition) is 4. The van der Waals surface area contributed by atoms with E-state index in [1.54, 1.807) is 7.11 Å². The van der Waals surface area contributed by atoms with E-state index in [1.165, 1.54) is 5.56 Å². The van der Waals surface area contributed by atoms with Gasteiger partial charge in [-0.05, 0) is 52.2 Å². The molecule has 0 saturated heterocycles. The molecule has 160 valence electrons. The fourth-order valence-corrected chi connectivity index (χ4v) is 3.16. The number of methoxy groups -OCH3 is 1. The fourth-order valence-electron chi connectivity index (χ4n) is 3.16. The molecule has 1 aliphatic rings. The van der Waals surface area contributed by atoms with E-state index in [-0.39, 0.29) is 30.1 Å². The second-order valence-electron chi connectivity index (χ2n) is 6.81. The Kier molecular flexibility index (Phi) is 12.3. The molecule has 2 rings (SSSR count). The second-order valence-corrected chi connectivity index (χ2v) is 6.81. The molecular weight excluding hydrogens is 469 g/mol. The van der Waals surface area contributed by atoms with Crippen LogP contribution in [0.4, 0.5) is 0 Å². The van der Waals surface area contributed by atoms with Crippen molar-refractivity contribution in [3.05, 3.63) is 23.3 Å². The van der Waals surface area contributed by atoms with Crippen LogP contribution in [0.5, 0.6) is 11.5 Å². The summed E-state index contributed by atoms with van der Waals surface area (Å²) in [6.45, 7) is 9.94. The average molecular weight is 505 g/mol. The predicted molar refractivity (Wildman–Crippen MR) is 125 cm³/mol. The number of nitrogens with zero attached hydrogens (tertiary/aromatic N) is 1. The lowest BCUT2D eigenvalue weighted by atomic mass is 10.1. The number of aliphatic imine (C=N–C) groups is 1. The smallest absolute Gasteiger partial charge is 0.191 e. The van der Waals surface area contributed by atoms with Gasteiger partial charge in [0.25, 0.3) is 0 Å². The van der Waals surface area contributed by atoms with E-state index in [4.69, 9.17) is 19.2 Å². The molecule has 6 nitrogen and oxygen atoms in total. The maximum Gasteiger partial charge on any atom is 0.191 e. The third-order valence-corrected chi connectivity index (χ3v) is 4.45. The van der Waals surface area contributed by atoms with Crippen LogP contribution in [-0.2, 0) is 17.7 Å². The summed E-state index contributed by atoms with van der Waals surface area (Å²) in [5.41, 5.74) is 2.28. The highest BCUT2D eigenvalue weighted by atomic mass is 127. The van der Waals surface area contributed by atoms with Crippen molar-refractivity contribution >= 4 is 29.9 Å². The number of ether oxygens (including phenoxy) is 3. The minimum absolute atomic E-state index is 0. The van der Waals surface area contributed by atoms with Gasteiger partial charge < -0.3 is 24.8 Å². The molecule has 0 aromatic heterocycles. The summed E-state index contributed by atoms with van der Waals surface area (Å²) in [4.78, 5) is 4.74. The monoisotopic (exact) mass is 505 g/mol. The first kappa shape index (κ1) is 24.8. The van der Waals surface area contributed by atoms with Crippen molar-refractivity contribution in [3.8, 4) is 11.5 Å². The van der Waals surface area contributed by atoms with Gasteiger partial charge in [0.1, 0.15) is 17.6 Å². The molecule has 1 atom stereocenters. The minimum Gasteiger partial charge on any atom is -0.494 e. The molecule has 1 aromatic rings. The number of fused-ring (bicyclic) bond motifs is 1. The number of halogens is 1. The molecule has 0 fully saturated rings. The van der Waals surface area contributed by atoms with Crippen LogP contribution >= 0.6 is 24.0 Å². The van der Waals surface area contributed by atoms with Gasteiger partial charge in [-0.1, -0.05) is 0 Å². The van der Waals surface area contributed by atoms with Gasteiger partial charge in [-0.15, -0.1) is 24.0 Å². The fraction of sp³-hybridized carbons (Fsp3) is 0.667. The molecule has 0 saturated carbocycles. The first-order valence-electron chi connectivity index (χ1n) is 10.1. The predicted octanol–water partition coefficient (Wildman–Crippen LogP) is 3.90. The Labute approximate surface area is 186 Å². The van der Waals surface area contributed by atoms with E-state index in [1.807, 2.05) is 6.92 Å². The lowest BCUT2D eigenvalue weighted by Crippen LogP contribution is -2.37. The highest BCUT2D eigenvalue weighted by Gasteiger charge is 2.21. The molecule has 1 unspecified atom stereocenters. The van der Waals surface area contributed by atoms with Crippen molar-refractivity contribution in [2.45, 2.75) is 59.1 Å². The zero-order chi connectivity index (χ0) is 19.5. The Morgan fingerprint density at radius 2 is 2.04 bits per heavy atom. The van der Waals surface area contributed by atoms with Crippen molar-refractivity contribution < 1.29 is 14.2 Å². The van der Waals surface area contributed by atoms with Gasteiger partial charge in [-0.2, -0.15) is 0 Å². The van der Waals surface area contributed by atoms with E-state index < -0.39 is 0 Å². The zero-order valence-electron chi connectivity index (χ0n) is 17.7. The highest BCUT2D eigenvalue weighted by molar-refractivity contribution is 14.0. The van der Waals surface area contributed by atoms with Gasteiger partial charge >= 0.3 is 0 Å². The number of hydrogen-bond donors (Lipinski definition) is 2. The van der Waals surface area contributed by atoms with Crippen LogP contribution in [0.2, 0.25) is 0 Å². The lowest BCUT2D eigenvalue weighted by Gasteiger charge is -2.14. The molecule has 0 amide bonds. The Morgan fingerprint density at radius 3 is 2.75 bits per heavy atom. The normalized spacial score (nSPS) is 15.4. The molecule has 1 aliphatic heterocycles. The molecule has 1 aromatic carbocycles. The number of unbranched alkanes of at least 4 members (excludes halogenated alkanes) is 2. The molecule has 0 bridgehead atoms. The second kappa shape index (κ2) is 13.9. The van der Waals surface area contributed by atoms with E-state index in [2.05, 4.69) is 36.6 Å². The Morgan fingerprint density at radius 1 is 1.21 bits per heavy atom. The summed E-state index contributed by atoms with van der Waals surface area (Å²) in [6.07, 6.45) is 4.51. The van der Waals surface area contributed by atoms with Gasteiger partial charge in [-0.3, -0.25) is 0 Å². The van der Waals surface area contributed by atoms with Crippen LogP contribution in [0.1, 0.15) is 51.2 Å². The van der Waals surface area contributed by atoms with Crippen molar-refractivity contribution in [1.29, 1.82) is 0 Å². The standard InChI is InChI=1S/C21H35N3O3.HI/c1-5-22-21(23-10-8-7-9-11-25-4)24-15-18-14-20-17(12-16(3)27-20)13-19(18)26-6-2;/h13-14,16H,5-12,15H2,1-4H3,(H2,22,23,24);1H. The maximum absolute atomic E-state index is 5.90. The van der Waals surface area contributed by atoms with E-state index >= 15 is 0 Å². The molecule has 0 aliphatic carbocycles. The molecule has 2 N–H and O–H groups in total. The van der Waals surface area contributed by atoms with Gasteiger partial charge in [0, 0.05) is 44.4 Å². The number of guanidine groups is 1. The van der Waals surface area contributed by atoms with Crippen LogP contribution in [0.25, 0.3) is 0 Å². The molecule has 28 heavy (non-hydrogen) atoms. The summed E-state index contributed by atoms with van der Waals surface area (Å²) in [5, 5.41) is 6.71.